The lowest BCUT2D eigenvalue weighted by molar-refractivity contribution is 0.378. The molecule has 1 heterocycles. The Hall–Kier alpha value is -3.18. The predicted molar refractivity (Wildman–Crippen MR) is 138 cm³/mol. The van der Waals surface area contributed by atoms with E-state index in [1.54, 1.807) is 12.3 Å². The van der Waals surface area contributed by atoms with Crippen LogP contribution >= 0.6 is 0 Å². The smallest absolute Gasteiger partial charge is 0.0894 e. The Morgan fingerprint density at radius 2 is 2.06 bits per heavy atom. The van der Waals surface area contributed by atoms with Gasteiger partial charge in [-0.25, -0.2) is 0 Å². The summed E-state index contributed by atoms with van der Waals surface area (Å²) in [6.07, 6.45) is 19.9. The number of hydrogen-bond donors (Lipinski definition) is 2. The number of nitrogens with zero attached hydrogens (tertiary/aromatic N) is 3. The number of H-pyrrole nitrogens is 1. The zero-order valence-electron chi connectivity index (χ0n) is 19.1. The maximum absolute atomic E-state index is 4.81. The summed E-state index contributed by atoms with van der Waals surface area (Å²) in [5.74, 6) is 0. The standard InChI is InChI=1S/C27H35N5/c1-4-9-22(26(15-17-28-2)31-21-30-24-11-6-5-7-12-24)16-19-32(3)20-23-10-8-13-27-25(23)14-18-29-27/h4,8-10,13-19,24,29-30H,1-2,5-7,11-12,20-21H2,3H3/b17-15-,19-16-,22-9+,31-26+. The summed E-state index contributed by atoms with van der Waals surface area (Å²) in [4.78, 5) is 14.1. The normalized spacial score (nSPS) is 16.3. The molecule has 0 radical (unpaired) electrons. The van der Waals surface area contributed by atoms with E-state index in [0.29, 0.717) is 12.7 Å². The Labute approximate surface area is 192 Å². The lowest BCUT2D eigenvalue weighted by Gasteiger charge is -2.22. The van der Waals surface area contributed by atoms with Crippen molar-refractivity contribution in [1.82, 2.24) is 15.2 Å². The molecule has 0 atom stereocenters. The van der Waals surface area contributed by atoms with Crippen LogP contribution in [0.2, 0.25) is 0 Å². The molecule has 1 saturated carbocycles. The molecule has 0 amide bonds. The number of fused-ring (bicyclic) bond motifs is 1. The number of hydrogen-bond acceptors (Lipinski definition) is 4. The van der Waals surface area contributed by atoms with Crippen molar-refractivity contribution in [2.45, 2.75) is 44.7 Å². The highest BCUT2D eigenvalue weighted by Gasteiger charge is 2.12. The summed E-state index contributed by atoms with van der Waals surface area (Å²) in [5.41, 5.74) is 4.29. The number of benzene rings is 1. The molecule has 3 rings (SSSR count). The third-order valence-electron chi connectivity index (χ3n) is 5.78. The first-order chi connectivity index (χ1) is 15.7. The Bertz CT molecular complexity index is 1000. The lowest BCUT2D eigenvalue weighted by atomic mass is 9.96. The van der Waals surface area contributed by atoms with Crippen LogP contribution in [0.4, 0.5) is 0 Å². The van der Waals surface area contributed by atoms with Gasteiger partial charge in [0.2, 0.25) is 0 Å². The second kappa shape index (κ2) is 12.6. The molecule has 1 fully saturated rings. The Morgan fingerprint density at radius 1 is 1.22 bits per heavy atom. The number of aromatic nitrogens is 1. The summed E-state index contributed by atoms with van der Waals surface area (Å²) in [6, 6.07) is 9.06. The van der Waals surface area contributed by atoms with Crippen LogP contribution in [0.1, 0.15) is 37.7 Å². The topological polar surface area (TPSA) is 55.8 Å². The van der Waals surface area contributed by atoms with Crippen LogP contribution < -0.4 is 5.32 Å². The van der Waals surface area contributed by atoms with Gasteiger partial charge in [0.25, 0.3) is 0 Å². The van der Waals surface area contributed by atoms with E-state index < -0.39 is 0 Å². The highest BCUT2D eigenvalue weighted by Crippen LogP contribution is 2.19. The van der Waals surface area contributed by atoms with Gasteiger partial charge in [-0.2, -0.15) is 0 Å². The van der Waals surface area contributed by atoms with Gasteiger partial charge >= 0.3 is 0 Å². The summed E-state index contributed by atoms with van der Waals surface area (Å²) in [6.45, 7) is 8.84. The first-order valence-corrected chi connectivity index (χ1v) is 11.4. The number of allylic oxidation sites excluding steroid dienone is 5. The Balaban J connectivity index is 1.70. The van der Waals surface area contributed by atoms with Crippen LogP contribution in [0, 0.1) is 0 Å². The van der Waals surface area contributed by atoms with Gasteiger partial charge in [0.05, 0.1) is 12.4 Å². The average molecular weight is 430 g/mol. The van der Waals surface area contributed by atoms with Crippen LogP contribution in [0.25, 0.3) is 10.9 Å². The molecule has 0 saturated heterocycles. The van der Waals surface area contributed by atoms with Crippen LogP contribution in [-0.4, -0.2) is 42.1 Å². The molecule has 1 aliphatic carbocycles. The minimum Gasteiger partial charge on any atom is -0.376 e. The molecule has 32 heavy (non-hydrogen) atoms. The second-order valence-corrected chi connectivity index (χ2v) is 8.18. The minimum absolute atomic E-state index is 0.569. The van der Waals surface area contributed by atoms with E-state index in [1.807, 2.05) is 18.3 Å². The van der Waals surface area contributed by atoms with Crippen LogP contribution in [-0.2, 0) is 6.54 Å². The van der Waals surface area contributed by atoms with E-state index in [2.05, 4.69) is 77.1 Å². The summed E-state index contributed by atoms with van der Waals surface area (Å²) < 4.78 is 0. The molecule has 0 bridgehead atoms. The first-order valence-electron chi connectivity index (χ1n) is 11.4. The van der Waals surface area contributed by atoms with Crippen molar-refractivity contribution in [2.75, 3.05) is 13.7 Å². The highest BCUT2D eigenvalue weighted by molar-refractivity contribution is 6.10. The number of rotatable bonds is 11. The van der Waals surface area contributed by atoms with E-state index >= 15 is 0 Å². The SMILES string of the molecule is C=C/C=C(\C=C/N(C)Cc1cccc2[nH]ccc12)C(/C=C\N=C)=N/CNC1CCCCC1. The summed E-state index contributed by atoms with van der Waals surface area (Å²) in [7, 11) is 2.08. The van der Waals surface area contributed by atoms with Crippen molar-refractivity contribution in [1.29, 1.82) is 0 Å². The molecule has 2 aromatic rings. The van der Waals surface area contributed by atoms with Gasteiger partial charge in [0.15, 0.2) is 0 Å². The van der Waals surface area contributed by atoms with E-state index in [1.165, 1.54) is 43.1 Å². The van der Waals surface area contributed by atoms with Crippen LogP contribution in [0.3, 0.4) is 0 Å². The van der Waals surface area contributed by atoms with Crippen molar-refractivity contribution in [3.05, 3.63) is 84.9 Å². The summed E-state index contributed by atoms with van der Waals surface area (Å²) in [5, 5.41) is 4.83. The fourth-order valence-electron chi connectivity index (χ4n) is 4.10. The molecule has 168 valence electrons. The first kappa shape index (κ1) is 23.5. The molecule has 1 aliphatic rings. The summed E-state index contributed by atoms with van der Waals surface area (Å²) >= 11 is 0. The van der Waals surface area contributed by atoms with Crippen molar-refractivity contribution in [2.24, 2.45) is 9.98 Å². The van der Waals surface area contributed by atoms with E-state index in [4.69, 9.17) is 4.99 Å². The zero-order valence-corrected chi connectivity index (χ0v) is 19.1. The second-order valence-electron chi connectivity index (χ2n) is 8.18. The quantitative estimate of drug-likeness (QED) is 0.352. The van der Waals surface area contributed by atoms with Gasteiger partial charge < -0.3 is 9.88 Å². The molecule has 2 N–H and O–H groups in total. The van der Waals surface area contributed by atoms with Gasteiger partial charge in [-0.1, -0.05) is 50.1 Å². The van der Waals surface area contributed by atoms with Crippen LogP contribution in [0.5, 0.6) is 0 Å². The van der Waals surface area contributed by atoms with Gasteiger partial charge in [0, 0.05) is 48.5 Å². The molecule has 5 heteroatoms. The molecule has 0 aliphatic heterocycles. The number of aliphatic imine (C=N–C) groups is 2. The minimum atomic E-state index is 0.569. The maximum atomic E-state index is 4.81. The van der Waals surface area contributed by atoms with E-state index in [9.17, 15) is 0 Å². The van der Waals surface area contributed by atoms with Crippen LogP contribution in [0.15, 0.2) is 89.3 Å². The molecule has 1 aromatic carbocycles. The van der Waals surface area contributed by atoms with Gasteiger partial charge in [-0.15, -0.1) is 0 Å². The van der Waals surface area contributed by atoms with Crippen molar-refractivity contribution in [3.63, 3.8) is 0 Å². The van der Waals surface area contributed by atoms with Crippen molar-refractivity contribution >= 4 is 23.3 Å². The van der Waals surface area contributed by atoms with E-state index in [0.717, 1.165) is 23.3 Å². The third-order valence-corrected chi connectivity index (χ3v) is 5.78. The van der Waals surface area contributed by atoms with Gasteiger partial charge in [-0.05, 0) is 55.6 Å². The largest absolute Gasteiger partial charge is 0.376 e. The van der Waals surface area contributed by atoms with Gasteiger partial charge in [0.1, 0.15) is 0 Å². The van der Waals surface area contributed by atoms with E-state index in [-0.39, 0.29) is 0 Å². The fraction of sp³-hybridized carbons (Fsp3) is 0.333. The van der Waals surface area contributed by atoms with Gasteiger partial charge in [-0.3, -0.25) is 15.3 Å². The molecular weight excluding hydrogens is 394 g/mol. The maximum Gasteiger partial charge on any atom is 0.0894 e. The average Bonchev–Trinajstić information content (AvgIpc) is 3.30. The monoisotopic (exact) mass is 429 g/mol. The Morgan fingerprint density at radius 3 is 2.84 bits per heavy atom. The molecular formula is C27H35N5. The number of aromatic amines is 1. The highest BCUT2D eigenvalue weighted by atomic mass is 15.1. The molecule has 1 aromatic heterocycles. The fourth-order valence-corrected chi connectivity index (χ4v) is 4.10. The zero-order chi connectivity index (χ0) is 22.6. The number of nitrogens with one attached hydrogen (secondary N) is 2. The molecule has 5 nitrogen and oxygen atoms in total. The van der Waals surface area contributed by atoms with Crippen molar-refractivity contribution < 1.29 is 0 Å². The lowest BCUT2D eigenvalue weighted by Crippen LogP contribution is -2.31. The third kappa shape index (κ3) is 6.92. The van der Waals surface area contributed by atoms with Crippen molar-refractivity contribution in [3.8, 4) is 0 Å². The predicted octanol–water partition coefficient (Wildman–Crippen LogP) is 5.76. The molecule has 0 unspecified atom stereocenters. The molecule has 0 spiro atoms. The Kier molecular flexibility index (Phi) is 9.26.